The number of aryl methyl sites for hydroxylation is 1. The summed E-state index contributed by atoms with van der Waals surface area (Å²) in [5.74, 6) is 6.53. The molecule has 7 heteroatoms. The fourth-order valence-electron chi connectivity index (χ4n) is 2.54. The molecule has 0 aliphatic rings. The second kappa shape index (κ2) is 7.54. The molecule has 0 atom stereocenters. The number of anilines is 3. The highest BCUT2D eigenvalue weighted by Crippen LogP contribution is 2.30. The largest absolute Gasteiger partial charge is 0.384 e. The Morgan fingerprint density at radius 3 is 2.56 bits per heavy atom. The standard InChI is InChI=1S/C20H18N6O/c1-12-15(9-7-14-8-10-18(21)23-11-14)19(26-20(22)24-12)16-5-3-4-6-17(16)25-13(2)27/h3-6,8,10-11H,1-2H3,(H2,21,23)(H,25,27)(H2,22,24,26). The number of hydrogen-bond donors (Lipinski definition) is 3. The van der Waals surface area contributed by atoms with Crippen LogP contribution in [0.15, 0.2) is 42.6 Å². The molecular weight excluding hydrogens is 340 g/mol. The summed E-state index contributed by atoms with van der Waals surface area (Å²) < 4.78 is 0. The summed E-state index contributed by atoms with van der Waals surface area (Å²) in [5.41, 5.74) is 15.3. The summed E-state index contributed by atoms with van der Waals surface area (Å²) in [4.78, 5) is 24.2. The van der Waals surface area contributed by atoms with Crippen molar-refractivity contribution in [3.63, 3.8) is 0 Å². The molecule has 5 N–H and O–H groups in total. The number of nitrogens with two attached hydrogens (primary N) is 2. The predicted octanol–water partition coefficient (Wildman–Crippen LogP) is 2.37. The van der Waals surface area contributed by atoms with Crippen LogP contribution >= 0.6 is 0 Å². The van der Waals surface area contributed by atoms with Crippen molar-refractivity contribution >= 4 is 23.4 Å². The molecule has 0 bridgehead atoms. The number of para-hydroxylation sites is 1. The van der Waals surface area contributed by atoms with Gasteiger partial charge in [-0.15, -0.1) is 0 Å². The van der Waals surface area contributed by atoms with Crippen LogP contribution in [0.25, 0.3) is 11.3 Å². The smallest absolute Gasteiger partial charge is 0.221 e. The minimum atomic E-state index is -0.179. The zero-order chi connectivity index (χ0) is 19.4. The van der Waals surface area contributed by atoms with E-state index in [0.29, 0.717) is 39.6 Å². The summed E-state index contributed by atoms with van der Waals surface area (Å²) in [7, 11) is 0. The van der Waals surface area contributed by atoms with Gasteiger partial charge in [0.2, 0.25) is 11.9 Å². The van der Waals surface area contributed by atoms with Crippen LogP contribution in [0, 0.1) is 18.8 Å². The van der Waals surface area contributed by atoms with Gasteiger partial charge < -0.3 is 16.8 Å². The summed E-state index contributed by atoms with van der Waals surface area (Å²) in [6, 6.07) is 10.8. The summed E-state index contributed by atoms with van der Waals surface area (Å²) >= 11 is 0. The van der Waals surface area contributed by atoms with E-state index in [4.69, 9.17) is 11.5 Å². The SMILES string of the molecule is CC(=O)Nc1ccccc1-c1nc(N)nc(C)c1C#Cc1ccc(N)nc1. The van der Waals surface area contributed by atoms with E-state index < -0.39 is 0 Å². The number of carbonyl (C=O) groups is 1. The number of hydrogen-bond acceptors (Lipinski definition) is 6. The Morgan fingerprint density at radius 1 is 1.07 bits per heavy atom. The average Bonchev–Trinajstić information content (AvgIpc) is 2.62. The number of nitrogens with zero attached hydrogens (tertiary/aromatic N) is 3. The Hall–Kier alpha value is -3.92. The van der Waals surface area contributed by atoms with E-state index in [9.17, 15) is 4.79 Å². The van der Waals surface area contributed by atoms with Crippen LogP contribution in [0.4, 0.5) is 17.5 Å². The third-order valence-electron chi connectivity index (χ3n) is 3.72. The molecule has 27 heavy (non-hydrogen) atoms. The van der Waals surface area contributed by atoms with Gasteiger partial charge >= 0.3 is 0 Å². The third kappa shape index (κ3) is 4.19. The molecule has 0 fully saturated rings. The van der Waals surface area contributed by atoms with Gasteiger partial charge in [-0.05, 0) is 25.1 Å². The molecular formula is C20H18N6O. The van der Waals surface area contributed by atoms with Crippen LogP contribution in [-0.2, 0) is 4.79 Å². The van der Waals surface area contributed by atoms with Crippen LogP contribution in [0.3, 0.4) is 0 Å². The number of benzene rings is 1. The highest BCUT2D eigenvalue weighted by atomic mass is 16.1. The molecule has 0 spiro atoms. The van der Waals surface area contributed by atoms with Crippen molar-refractivity contribution in [1.29, 1.82) is 0 Å². The fourth-order valence-corrected chi connectivity index (χ4v) is 2.54. The van der Waals surface area contributed by atoms with Crippen LogP contribution in [0.2, 0.25) is 0 Å². The molecule has 3 rings (SSSR count). The molecule has 0 unspecified atom stereocenters. The van der Waals surface area contributed by atoms with Crippen molar-refractivity contribution in [1.82, 2.24) is 15.0 Å². The van der Waals surface area contributed by atoms with E-state index in [2.05, 4.69) is 32.1 Å². The molecule has 0 aliphatic heterocycles. The van der Waals surface area contributed by atoms with Crippen molar-refractivity contribution in [3.8, 4) is 23.1 Å². The van der Waals surface area contributed by atoms with Gasteiger partial charge in [0.1, 0.15) is 5.82 Å². The normalized spacial score (nSPS) is 10.0. The molecule has 1 aromatic carbocycles. The lowest BCUT2D eigenvalue weighted by Crippen LogP contribution is -2.09. The highest BCUT2D eigenvalue weighted by molar-refractivity contribution is 5.94. The van der Waals surface area contributed by atoms with Gasteiger partial charge in [-0.1, -0.05) is 30.0 Å². The maximum absolute atomic E-state index is 11.5. The van der Waals surface area contributed by atoms with E-state index in [0.717, 1.165) is 0 Å². The monoisotopic (exact) mass is 358 g/mol. The predicted molar refractivity (Wildman–Crippen MR) is 106 cm³/mol. The van der Waals surface area contributed by atoms with Crippen molar-refractivity contribution in [2.45, 2.75) is 13.8 Å². The summed E-state index contributed by atoms with van der Waals surface area (Å²) in [6.45, 7) is 3.26. The van der Waals surface area contributed by atoms with E-state index in [1.807, 2.05) is 25.1 Å². The Morgan fingerprint density at radius 2 is 1.85 bits per heavy atom. The third-order valence-corrected chi connectivity index (χ3v) is 3.72. The highest BCUT2D eigenvalue weighted by Gasteiger charge is 2.15. The first-order valence-corrected chi connectivity index (χ1v) is 8.18. The molecule has 2 heterocycles. The average molecular weight is 358 g/mol. The molecule has 134 valence electrons. The molecule has 0 saturated carbocycles. The number of rotatable bonds is 2. The maximum atomic E-state index is 11.5. The number of amides is 1. The van der Waals surface area contributed by atoms with Crippen LogP contribution < -0.4 is 16.8 Å². The van der Waals surface area contributed by atoms with Gasteiger partial charge in [-0.3, -0.25) is 4.79 Å². The number of nitrogen functional groups attached to an aromatic ring is 2. The van der Waals surface area contributed by atoms with Crippen LogP contribution in [0.5, 0.6) is 0 Å². The molecule has 0 radical (unpaired) electrons. The Bertz CT molecular complexity index is 1060. The Balaban J connectivity index is 2.15. The second-order valence-electron chi connectivity index (χ2n) is 5.84. The summed E-state index contributed by atoms with van der Waals surface area (Å²) in [6.07, 6.45) is 1.60. The van der Waals surface area contributed by atoms with Gasteiger partial charge in [0, 0.05) is 24.2 Å². The van der Waals surface area contributed by atoms with Crippen molar-refractivity contribution < 1.29 is 4.79 Å². The molecule has 3 aromatic rings. The Kier molecular flexibility index (Phi) is 4.99. The summed E-state index contributed by atoms with van der Waals surface area (Å²) in [5, 5.41) is 2.81. The fraction of sp³-hybridized carbons (Fsp3) is 0.100. The first kappa shape index (κ1) is 17.9. The van der Waals surface area contributed by atoms with Gasteiger partial charge in [-0.25, -0.2) is 15.0 Å². The maximum Gasteiger partial charge on any atom is 0.221 e. The van der Waals surface area contributed by atoms with E-state index in [1.165, 1.54) is 6.92 Å². The topological polar surface area (TPSA) is 120 Å². The van der Waals surface area contributed by atoms with E-state index in [-0.39, 0.29) is 11.9 Å². The number of pyridine rings is 1. The quantitative estimate of drug-likeness (QED) is 0.605. The Labute approximate surface area is 156 Å². The second-order valence-corrected chi connectivity index (χ2v) is 5.84. The number of aromatic nitrogens is 3. The van der Waals surface area contributed by atoms with Crippen LogP contribution in [-0.4, -0.2) is 20.9 Å². The van der Waals surface area contributed by atoms with Gasteiger partial charge in [0.05, 0.1) is 22.6 Å². The number of carbonyl (C=O) groups excluding carboxylic acids is 1. The molecule has 0 aliphatic carbocycles. The lowest BCUT2D eigenvalue weighted by molar-refractivity contribution is -0.114. The zero-order valence-electron chi connectivity index (χ0n) is 14.9. The number of nitrogens with one attached hydrogen (secondary N) is 1. The van der Waals surface area contributed by atoms with E-state index >= 15 is 0 Å². The molecule has 7 nitrogen and oxygen atoms in total. The molecule has 1 amide bonds. The van der Waals surface area contributed by atoms with Gasteiger partial charge in [0.15, 0.2) is 0 Å². The first-order valence-electron chi connectivity index (χ1n) is 8.18. The lowest BCUT2D eigenvalue weighted by atomic mass is 10.0. The molecule has 0 saturated heterocycles. The van der Waals surface area contributed by atoms with Crippen LogP contribution in [0.1, 0.15) is 23.7 Å². The minimum Gasteiger partial charge on any atom is -0.384 e. The zero-order valence-corrected chi connectivity index (χ0v) is 14.9. The minimum absolute atomic E-state index is 0.139. The molecule has 2 aromatic heterocycles. The lowest BCUT2D eigenvalue weighted by Gasteiger charge is -2.12. The van der Waals surface area contributed by atoms with Crippen molar-refractivity contribution in [2.24, 2.45) is 0 Å². The first-order chi connectivity index (χ1) is 12.9. The van der Waals surface area contributed by atoms with Crippen molar-refractivity contribution in [2.75, 3.05) is 16.8 Å². The van der Waals surface area contributed by atoms with Gasteiger partial charge in [-0.2, -0.15) is 0 Å². The van der Waals surface area contributed by atoms with Gasteiger partial charge in [0.25, 0.3) is 0 Å². The van der Waals surface area contributed by atoms with E-state index in [1.54, 1.807) is 24.4 Å². The van der Waals surface area contributed by atoms with Crippen molar-refractivity contribution in [3.05, 3.63) is 59.4 Å².